The predicted octanol–water partition coefficient (Wildman–Crippen LogP) is 26.2. The maximum atomic E-state index is 12.7. The highest BCUT2D eigenvalue weighted by Gasteiger charge is 2.37. The fourth-order valence-corrected chi connectivity index (χ4v) is 17.9. The standard InChI is InChI=1S/C32H47NO5.C31H46O5.C29H43NO5.C29H43NO4/c1-7-32(8-2,26-19-20-28(23(3)21-26)38-22-29(35)31(4,5)6)25-17-15-24(16-18-25)27(34)13-11-9-10-12-14-30(36)33-37;1-7-31(8-2,25-15-18-28(23(3)20-25)36-22-29(34)30(4,5)6)24-13-16-27(17-14-24)35-19-11-9-10-12-26(33)21-32;1-7-29(8-2,22-12-15-24(16-13-22)34-18-10-9-11-27(32)30-33)23-14-17-25(21(3)19-23)35-20-26(31)28(4,5)6;1-7-29(8-2,24-14-17-26(22(3)21-24)34-20-18-28(4,5)6)23-12-15-25(16-13-23)33-19-10-9-11-27(31)30-32/h15-21,29,35,37H,7-14,22H2,1-6H3,(H,33,36);13-18,20,29,32,34H,7-12,19,21-22H2,1-6H3;12-17,19,26,31,33H,7-11,18,20H2,1-6H3,(H,30,32);12-17,21,32H,7-11,18-20H2,1-6H3,(H,30,31). The Kier molecular flexibility index (Phi) is 52.3. The molecule has 143 heavy (non-hydrogen) atoms. The van der Waals surface area contributed by atoms with Gasteiger partial charge in [-0.25, -0.2) is 16.4 Å². The molecule has 0 aliphatic heterocycles. The maximum Gasteiger partial charge on any atom is 0.243 e. The molecule has 0 saturated heterocycles. The van der Waals surface area contributed by atoms with Gasteiger partial charge in [-0.1, -0.05) is 261 Å². The van der Waals surface area contributed by atoms with Crippen LogP contribution in [-0.4, -0.2) is 137 Å². The molecule has 22 heteroatoms. The van der Waals surface area contributed by atoms with Crippen molar-refractivity contribution in [3.05, 3.63) is 242 Å². The van der Waals surface area contributed by atoms with Gasteiger partial charge in [-0.05, 0) is 292 Å². The van der Waals surface area contributed by atoms with E-state index < -0.39 is 18.3 Å². The van der Waals surface area contributed by atoms with Gasteiger partial charge >= 0.3 is 0 Å². The number of aryl methyl sites for hydroxylation is 4. The zero-order chi connectivity index (χ0) is 106. The van der Waals surface area contributed by atoms with Crippen molar-refractivity contribution in [3.8, 4) is 40.2 Å². The Morgan fingerprint density at radius 1 is 0.287 bits per heavy atom. The number of carbonyl (C=O) groups excluding carboxylic acids is 5. The number of carbonyl (C=O) groups is 5. The number of rotatable bonds is 56. The average Bonchev–Trinajstić information content (AvgIpc) is 0.799. The summed E-state index contributed by atoms with van der Waals surface area (Å²) >= 11 is 0. The first kappa shape index (κ1) is 123. The van der Waals surface area contributed by atoms with Crippen molar-refractivity contribution < 1.29 is 93.2 Å². The Balaban J connectivity index is 0.000000336. The smallest absolute Gasteiger partial charge is 0.243 e. The molecule has 0 aromatic heterocycles. The number of unbranched alkanes of at least 4 members (excludes halogenated alkanes) is 7. The molecular formula is C121H179N3O19. The molecule has 0 bridgehead atoms. The third kappa shape index (κ3) is 38.6. The van der Waals surface area contributed by atoms with Gasteiger partial charge in [0.15, 0.2) is 11.6 Å². The van der Waals surface area contributed by atoms with Crippen LogP contribution in [0.1, 0.15) is 376 Å². The number of ketones is 2. The topological polar surface area (TPSA) is 328 Å². The van der Waals surface area contributed by atoms with Crippen LogP contribution >= 0.6 is 0 Å². The average molecular weight is 1980 g/mol. The van der Waals surface area contributed by atoms with Gasteiger partial charge in [0.1, 0.15) is 66.7 Å². The number of Topliss-reactive ketones (excluding diaryl/α,β-unsaturated/α-hetero) is 2. The first-order chi connectivity index (χ1) is 67.8. The molecule has 3 unspecified atom stereocenters. The predicted molar refractivity (Wildman–Crippen MR) is 575 cm³/mol. The van der Waals surface area contributed by atoms with Crippen LogP contribution in [0.2, 0.25) is 0 Å². The summed E-state index contributed by atoms with van der Waals surface area (Å²) in [6, 6.07) is 58.9. The van der Waals surface area contributed by atoms with Crippen molar-refractivity contribution in [2.75, 3.05) is 52.9 Å². The number of nitrogens with one attached hydrogen (secondary N) is 3. The Morgan fingerprint density at radius 2 is 0.524 bits per heavy atom. The summed E-state index contributed by atoms with van der Waals surface area (Å²) in [5.74, 6) is 4.79. The highest BCUT2D eigenvalue weighted by Crippen LogP contribution is 2.47. The minimum atomic E-state index is -0.548. The molecule has 0 radical (unpaired) electrons. The minimum Gasteiger partial charge on any atom is -0.494 e. The Labute approximate surface area is 857 Å². The molecule has 0 saturated carbocycles. The lowest BCUT2D eigenvalue weighted by molar-refractivity contribution is -0.130. The molecule has 0 aliphatic carbocycles. The van der Waals surface area contributed by atoms with E-state index in [4.69, 9.17) is 53.9 Å². The molecule has 0 fully saturated rings. The number of hydroxylamine groups is 3. The lowest BCUT2D eigenvalue weighted by atomic mass is 9.70. The quantitative estimate of drug-likeness (QED) is 0.00733. The van der Waals surface area contributed by atoms with E-state index in [-0.39, 0.29) is 105 Å². The normalized spacial score (nSPS) is 12.6. The van der Waals surface area contributed by atoms with Crippen molar-refractivity contribution >= 4 is 29.3 Å². The van der Waals surface area contributed by atoms with Crippen molar-refractivity contribution in [2.45, 2.75) is 367 Å². The summed E-state index contributed by atoms with van der Waals surface area (Å²) in [5.41, 5.74) is 19.2. The molecule has 8 aromatic rings. The van der Waals surface area contributed by atoms with Gasteiger partial charge in [0.25, 0.3) is 0 Å². The maximum absolute atomic E-state index is 12.7. The monoisotopic (exact) mass is 1980 g/mol. The molecule has 3 amide bonds. The second-order valence-corrected chi connectivity index (χ2v) is 42.9. The van der Waals surface area contributed by atoms with E-state index in [2.05, 4.69) is 200 Å². The van der Waals surface area contributed by atoms with Gasteiger partial charge in [0, 0.05) is 59.3 Å². The highest BCUT2D eigenvalue weighted by molar-refractivity contribution is 5.96. The first-order valence-corrected chi connectivity index (χ1v) is 52.5. The van der Waals surface area contributed by atoms with E-state index in [1.807, 2.05) is 136 Å². The van der Waals surface area contributed by atoms with E-state index >= 15 is 0 Å². The Hall–Kier alpha value is -10.2. The SMILES string of the molecule is CCC(CC)(c1ccc(C(=O)CCCCCCC(=O)NO)cc1)c1ccc(OCC(O)C(C)(C)C)c(C)c1.CCC(CC)(c1ccc(OCCCCC(=O)NO)cc1)c1ccc(OCC(O)C(C)(C)C)c(C)c1.CCC(CC)(c1ccc(OCCCCC(=O)NO)cc1)c1ccc(OCCC(C)(C)C)c(C)c1.CCC(CC)(c1ccc(OCCCCCC(=O)CO)cc1)c1ccc(OCC(O)C(C)(C)C)c(C)c1. The molecule has 8 aromatic carbocycles. The zero-order valence-electron chi connectivity index (χ0n) is 91.3. The lowest BCUT2D eigenvalue weighted by Crippen LogP contribution is -2.32. The molecule has 0 heterocycles. The van der Waals surface area contributed by atoms with E-state index in [0.29, 0.717) is 64.8 Å². The first-order valence-electron chi connectivity index (χ1n) is 52.5. The minimum absolute atomic E-state index is 0.0646. The van der Waals surface area contributed by atoms with E-state index in [1.165, 1.54) is 50.1 Å². The van der Waals surface area contributed by atoms with E-state index in [1.54, 1.807) is 16.4 Å². The van der Waals surface area contributed by atoms with Crippen molar-refractivity contribution in [2.24, 2.45) is 21.7 Å². The lowest BCUT2D eigenvalue weighted by Gasteiger charge is -2.34. The number of aliphatic hydroxyl groups is 4. The van der Waals surface area contributed by atoms with Gasteiger partial charge < -0.3 is 53.6 Å². The van der Waals surface area contributed by atoms with Crippen LogP contribution in [0, 0.1) is 49.4 Å². The molecular weight excluding hydrogens is 1800 g/mol. The van der Waals surface area contributed by atoms with Crippen LogP contribution in [0.3, 0.4) is 0 Å². The third-order valence-corrected chi connectivity index (χ3v) is 28.6. The molecule has 22 nitrogen and oxygen atoms in total. The summed E-state index contributed by atoms with van der Waals surface area (Å²) in [7, 11) is 0. The number of benzene rings is 8. The fourth-order valence-electron chi connectivity index (χ4n) is 17.9. The second-order valence-electron chi connectivity index (χ2n) is 42.9. The molecule has 792 valence electrons. The molecule has 10 N–H and O–H groups in total. The summed E-state index contributed by atoms with van der Waals surface area (Å²) < 4.78 is 41.6. The van der Waals surface area contributed by atoms with Gasteiger partial charge in [-0.3, -0.25) is 39.6 Å². The fraction of sp³-hybridized carbons (Fsp3) is 0.562. The van der Waals surface area contributed by atoms with Crippen molar-refractivity contribution in [1.82, 2.24) is 16.4 Å². The molecule has 0 spiro atoms. The van der Waals surface area contributed by atoms with Gasteiger partial charge in [-0.2, -0.15) is 0 Å². The van der Waals surface area contributed by atoms with Crippen LogP contribution in [0.5, 0.6) is 40.2 Å². The van der Waals surface area contributed by atoms with Crippen LogP contribution in [-0.2, 0) is 40.8 Å². The van der Waals surface area contributed by atoms with Crippen LogP contribution in [0.15, 0.2) is 170 Å². The van der Waals surface area contributed by atoms with Crippen molar-refractivity contribution in [3.63, 3.8) is 0 Å². The van der Waals surface area contributed by atoms with Gasteiger partial charge in [0.05, 0.1) is 44.7 Å². The summed E-state index contributed by atoms with van der Waals surface area (Å²) in [4.78, 5) is 57.1. The van der Waals surface area contributed by atoms with Crippen LogP contribution < -0.4 is 49.6 Å². The Bertz CT molecular complexity index is 5060. The number of ether oxygens (including phenoxy) is 7. The number of aliphatic hydroxyl groups excluding tert-OH is 4. The van der Waals surface area contributed by atoms with Crippen molar-refractivity contribution in [1.29, 1.82) is 0 Å². The van der Waals surface area contributed by atoms with E-state index in [0.717, 1.165) is 178 Å². The molecule has 0 aliphatic rings. The van der Waals surface area contributed by atoms with Crippen LogP contribution in [0.4, 0.5) is 0 Å². The zero-order valence-corrected chi connectivity index (χ0v) is 91.3. The largest absolute Gasteiger partial charge is 0.494 e. The van der Waals surface area contributed by atoms with E-state index in [9.17, 15) is 39.3 Å². The second kappa shape index (κ2) is 60.7. The highest BCUT2D eigenvalue weighted by atomic mass is 16.5. The van der Waals surface area contributed by atoms with Crippen LogP contribution in [0.25, 0.3) is 0 Å². The summed E-state index contributed by atoms with van der Waals surface area (Å²) in [5, 5.41) is 65.4. The number of hydrogen-bond acceptors (Lipinski definition) is 19. The third-order valence-electron chi connectivity index (χ3n) is 28.6. The Morgan fingerprint density at radius 3 is 0.776 bits per heavy atom. The summed E-state index contributed by atoms with van der Waals surface area (Å²) in [6.45, 7) is 53.7. The number of amides is 3. The van der Waals surface area contributed by atoms with Gasteiger partial charge in [-0.15, -0.1) is 0 Å². The molecule has 8 rings (SSSR count). The summed E-state index contributed by atoms with van der Waals surface area (Å²) in [6.07, 6.45) is 17.6. The molecule has 3 atom stereocenters. The number of hydrogen-bond donors (Lipinski definition) is 10. The van der Waals surface area contributed by atoms with Gasteiger partial charge in [0.2, 0.25) is 17.7 Å².